The first-order valence-electron chi connectivity index (χ1n) is 8.97. The summed E-state index contributed by atoms with van der Waals surface area (Å²) in [5.41, 5.74) is 0. The standard InChI is InChI=1S/C18H33N/c1-13-7-8-15(11-14(13)2)18-6-4-3-5-16(18)12-19-17-9-10-17/h13-19H,3-12H2,1-2H3. The zero-order valence-corrected chi connectivity index (χ0v) is 13.0. The lowest BCUT2D eigenvalue weighted by atomic mass is 9.64. The third-order valence-corrected chi connectivity index (χ3v) is 6.46. The van der Waals surface area contributed by atoms with Crippen molar-refractivity contribution in [3.63, 3.8) is 0 Å². The van der Waals surface area contributed by atoms with Crippen LogP contribution in [0.2, 0.25) is 0 Å². The second-order valence-corrected chi connectivity index (χ2v) is 7.92. The van der Waals surface area contributed by atoms with Gasteiger partial charge in [0.15, 0.2) is 0 Å². The number of nitrogens with one attached hydrogen (secondary N) is 1. The van der Waals surface area contributed by atoms with Crippen molar-refractivity contribution < 1.29 is 0 Å². The Kier molecular flexibility index (Phi) is 4.51. The summed E-state index contributed by atoms with van der Waals surface area (Å²) in [5.74, 6) is 5.05. The third kappa shape index (κ3) is 3.54. The average Bonchev–Trinajstić information content (AvgIpc) is 3.24. The molecule has 110 valence electrons. The molecule has 1 nitrogen and oxygen atoms in total. The van der Waals surface area contributed by atoms with Crippen molar-refractivity contribution in [3.05, 3.63) is 0 Å². The Balaban J connectivity index is 1.55. The maximum Gasteiger partial charge on any atom is 0.00683 e. The van der Waals surface area contributed by atoms with Gasteiger partial charge in [0.25, 0.3) is 0 Å². The second kappa shape index (κ2) is 6.16. The molecular weight excluding hydrogens is 230 g/mol. The van der Waals surface area contributed by atoms with Gasteiger partial charge >= 0.3 is 0 Å². The zero-order valence-electron chi connectivity index (χ0n) is 13.0. The minimum atomic E-state index is 0.896. The van der Waals surface area contributed by atoms with Gasteiger partial charge in [0.05, 0.1) is 0 Å². The molecule has 5 unspecified atom stereocenters. The molecule has 0 amide bonds. The molecule has 0 aliphatic heterocycles. The van der Waals surface area contributed by atoms with Crippen LogP contribution in [0.3, 0.4) is 0 Å². The quantitative estimate of drug-likeness (QED) is 0.780. The third-order valence-electron chi connectivity index (χ3n) is 6.46. The van der Waals surface area contributed by atoms with Gasteiger partial charge < -0.3 is 5.32 Å². The fourth-order valence-electron chi connectivity index (χ4n) is 4.69. The molecule has 3 fully saturated rings. The molecule has 3 saturated carbocycles. The summed E-state index contributed by atoms with van der Waals surface area (Å²) in [4.78, 5) is 0. The van der Waals surface area contributed by atoms with Gasteiger partial charge in [0.2, 0.25) is 0 Å². The van der Waals surface area contributed by atoms with E-state index in [0.717, 1.165) is 35.6 Å². The van der Waals surface area contributed by atoms with Crippen LogP contribution in [0, 0.1) is 29.6 Å². The molecule has 3 aliphatic rings. The van der Waals surface area contributed by atoms with Gasteiger partial charge in [-0.05, 0) is 74.7 Å². The molecule has 0 saturated heterocycles. The highest BCUT2D eigenvalue weighted by Gasteiger charge is 2.36. The first kappa shape index (κ1) is 13.9. The van der Waals surface area contributed by atoms with Gasteiger partial charge in [-0.15, -0.1) is 0 Å². The van der Waals surface area contributed by atoms with E-state index < -0.39 is 0 Å². The van der Waals surface area contributed by atoms with Crippen molar-refractivity contribution >= 4 is 0 Å². The van der Waals surface area contributed by atoms with Crippen LogP contribution in [0.1, 0.15) is 71.6 Å². The molecular formula is C18H33N. The Morgan fingerprint density at radius 3 is 2.37 bits per heavy atom. The lowest BCUT2D eigenvalue weighted by Crippen LogP contribution is -2.37. The maximum absolute atomic E-state index is 3.82. The number of rotatable bonds is 4. The molecule has 3 aliphatic carbocycles. The fraction of sp³-hybridized carbons (Fsp3) is 1.00. The molecule has 0 aromatic heterocycles. The van der Waals surface area contributed by atoms with E-state index in [9.17, 15) is 0 Å². The van der Waals surface area contributed by atoms with E-state index in [2.05, 4.69) is 19.2 Å². The monoisotopic (exact) mass is 263 g/mol. The van der Waals surface area contributed by atoms with Crippen molar-refractivity contribution in [1.29, 1.82) is 0 Å². The number of hydrogen-bond acceptors (Lipinski definition) is 1. The molecule has 5 atom stereocenters. The Bertz CT molecular complexity index is 283. The summed E-state index contributed by atoms with van der Waals surface area (Å²) in [6.07, 6.45) is 13.4. The van der Waals surface area contributed by atoms with Crippen molar-refractivity contribution in [2.75, 3.05) is 6.54 Å². The van der Waals surface area contributed by atoms with Crippen LogP contribution >= 0.6 is 0 Å². The Morgan fingerprint density at radius 2 is 1.63 bits per heavy atom. The van der Waals surface area contributed by atoms with Crippen molar-refractivity contribution in [2.45, 2.75) is 77.7 Å². The molecule has 0 heterocycles. The molecule has 0 aromatic rings. The molecule has 19 heavy (non-hydrogen) atoms. The summed E-state index contributed by atoms with van der Waals surface area (Å²) < 4.78 is 0. The SMILES string of the molecule is CC1CCC(C2CCCCC2CNC2CC2)CC1C. The lowest BCUT2D eigenvalue weighted by Gasteiger charge is -2.42. The van der Waals surface area contributed by atoms with E-state index in [0.29, 0.717) is 0 Å². The first-order valence-corrected chi connectivity index (χ1v) is 8.97. The van der Waals surface area contributed by atoms with Crippen LogP contribution in [0.5, 0.6) is 0 Å². The minimum Gasteiger partial charge on any atom is -0.314 e. The fourth-order valence-corrected chi connectivity index (χ4v) is 4.69. The number of hydrogen-bond donors (Lipinski definition) is 1. The molecule has 0 bridgehead atoms. The summed E-state index contributed by atoms with van der Waals surface area (Å²) in [5, 5.41) is 3.82. The van der Waals surface area contributed by atoms with Crippen LogP contribution in [-0.2, 0) is 0 Å². The van der Waals surface area contributed by atoms with E-state index in [1.165, 1.54) is 64.3 Å². The van der Waals surface area contributed by atoms with E-state index in [1.807, 2.05) is 0 Å². The van der Waals surface area contributed by atoms with E-state index >= 15 is 0 Å². The van der Waals surface area contributed by atoms with E-state index in [4.69, 9.17) is 0 Å². The summed E-state index contributed by atoms with van der Waals surface area (Å²) in [7, 11) is 0. The summed E-state index contributed by atoms with van der Waals surface area (Å²) >= 11 is 0. The zero-order chi connectivity index (χ0) is 13.2. The second-order valence-electron chi connectivity index (χ2n) is 7.92. The Hall–Kier alpha value is -0.0400. The van der Waals surface area contributed by atoms with Crippen molar-refractivity contribution in [1.82, 2.24) is 5.32 Å². The molecule has 0 aromatic carbocycles. The first-order chi connectivity index (χ1) is 9.24. The minimum absolute atomic E-state index is 0.896. The largest absolute Gasteiger partial charge is 0.314 e. The Morgan fingerprint density at radius 1 is 0.842 bits per heavy atom. The maximum atomic E-state index is 3.82. The van der Waals surface area contributed by atoms with E-state index in [-0.39, 0.29) is 0 Å². The summed E-state index contributed by atoms with van der Waals surface area (Å²) in [6, 6.07) is 0.896. The van der Waals surface area contributed by atoms with Crippen molar-refractivity contribution in [3.8, 4) is 0 Å². The van der Waals surface area contributed by atoms with Gasteiger partial charge in [-0.1, -0.05) is 33.1 Å². The van der Waals surface area contributed by atoms with Gasteiger partial charge in [0.1, 0.15) is 0 Å². The molecule has 1 heteroatoms. The van der Waals surface area contributed by atoms with Gasteiger partial charge in [-0.25, -0.2) is 0 Å². The topological polar surface area (TPSA) is 12.0 Å². The van der Waals surface area contributed by atoms with Crippen LogP contribution in [0.25, 0.3) is 0 Å². The molecule has 1 N–H and O–H groups in total. The molecule has 3 rings (SSSR count). The van der Waals surface area contributed by atoms with Gasteiger partial charge in [-0.3, -0.25) is 0 Å². The van der Waals surface area contributed by atoms with Crippen LogP contribution < -0.4 is 5.32 Å². The predicted molar refractivity (Wildman–Crippen MR) is 82.1 cm³/mol. The highest BCUT2D eigenvalue weighted by molar-refractivity contribution is 4.89. The molecule has 0 radical (unpaired) electrons. The molecule has 0 spiro atoms. The van der Waals surface area contributed by atoms with Crippen LogP contribution in [0.15, 0.2) is 0 Å². The van der Waals surface area contributed by atoms with Gasteiger partial charge in [-0.2, -0.15) is 0 Å². The van der Waals surface area contributed by atoms with Crippen LogP contribution in [0.4, 0.5) is 0 Å². The van der Waals surface area contributed by atoms with Gasteiger partial charge in [0, 0.05) is 6.04 Å². The Labute approximate surface area is 119 Å². The van der Waals surface area contributed by atoms with E-state index in [1.54, 1.807) is 0 Å². The highest BCUT2D eigenvalue weighted by Crippen LogP contribution is 2.44. The lowest BCUT2D eigenvalue weighted by molar-refractivity contribution is 0.0883. The smallest absolute Gasteiger partial charge is 0.00683 e. The average molecular weight is 263 g/mol. The normalized spacial score (nSPS) is 44.2. The predicted octanol–water partition coefficient (Wildman–Crippen LogP) is 4.62. The van der Waals surface area contributed by atoms with Crippen LogP contribution in [-0.4, -0.2) is 12.6 Å². The summed E-state index contributed by atoms with van der Waals surface area (Å²) in [6.45, 7) is 6.29. The van der Waals surface area contributed by atoms with Crippen molar-refractivity contribution in [2.24, 2.45) is 29.6 Å². The highest BCUT2D eigenvalue weighted by atomic mass is 14.9.